The fraction of sp³-hybridized carbons (Fsp3) is 0.0145. The van der Waals surface area contributed by atoms with Crippen molar-refractivity contribution in [3.63, 3.8) is 0 Å². The second-order valence-corrected chi connectivity index (χ2v) is 19.1. The monoisotopic (exact) mass is 885 g/mol. The summed E-state index contributed by atoms with van der Waals surface area (Å²) in [6.07, 6.45) is 0. The topological polar surface area (TPSA) is 3.24 Å². The Morgan fingerprint density at radius 2 is 0.714 bits per heavy atom. The Morgan fingerprint density at radius 3 is 1.39 bits per heavy atom. The van der Waals surface area contributed by atoms with Crippen LogP contribution in [0.4, 0.5) is 17.1 Å². The summed E-state index contributed by atoms with van der Waals surface area (Å²) in [4.78, 5) is 2.51. The number of hydrogen-bond donors (Lipinski definition) is 0. The lowest BCUT2D eigenvalue weighted by Gasteiger charge is -2.35. The van der Waals surface area contributed by atoms with E-state index in [4.69, 9.17) is 0 Å². The highest BCUT2D eigenvalue weighted by molar-refractivity contribution is 6.37. The van der Waals surface area contributed by atoms with Gasteiger partial charge in [0.25, 0.3) is 0 Å². The highest BCUT2D eigenvalue weighted by Crippen LogP contribution is 2.57. The maximum Gasteiger partial charge on any atom is 0.0714 e. The summed E-state index contributed by atoms with van der Waals surface area (Å²) in [7, 11) is 0. The molecule has 0 fully saturated rings. The molecule has 0 N–H and O–H groups in total. The molecule has 0 unspecified atom stereocenters. The van der Waals surface area contributed by atoms with Crippen molar-refractivity contribution in [3.8, 4) is 22.3 Å². The molecule has 0 spiro atoms. The van der Waals surface area contributed by atoms with Crippen LogP contribution in [0.1, 0.15) is 22.3 Å². The summed E-state index contributed by atoms with van der Waals surface area (Å²) in [5.41, 5.74) is 12.8. The third-order valence-corrected chi connectivity index (χ3v) is 15.6. The maximum absolute atomic E-state index is 2.51. The highest BCUT2D eigenvalue weighted by Gasteiger charge is 2.46. The quantitative estimate of drug-likeness (QED) is 0.150. The summed E-state index contributed by atoms with van der Waals surface area (Å²) >= 11 is 0. The lowest BCUT2D eigenvalue weighted by atomic mass is 9.67. The number of benzene rings is 13. The van der Waals surface area contributed by atoms with E-state index in [-0.39, 0.29) is 0 Å². The Morgan fingerprint density at radius 1 is 0.243 bits per heavy atom. The van der Waals surface area contributed by atoms with Crippen LogP contribution in [0.2, 0.25) is 0 Å². The third-order valence-electron chi connectivity index (χ3n) is 15.6. The third kappa shape index (κ3) is 5.49. The van der Waals surface area contributed by atoms with E-state index in [2.05, 4.69) is 266 Å². The molecule has 0 aliphatic heterocycles. The number of rotatable bonds is 6. The maximum atomic E-state index is 2.51. The van der Waals surface area contributed by atoms with Gasteiger partial charge in [-0.3, -0.25) is 0 Å². The molecule has 14 aromatic rings. The van der Waals surface area contributed by atoms with Crippen molar-refractivity contribution in [3.05, 3.63) is 283 Å². The molecule has 0 saturated heterocycles. The molecule has 1 nitrogen and oxygen atoms in total. The molecule has 1 heteroatoms. The van der Waals surface area contributed by atoms with Crippen molar-refractivity contribution in [2.45, 2.75) is 5.41 Å². The smallest absolute Gasteiger partial charge is 0.0714 e. The van der Waals surface area contributed by atoms with Gasteiger partial charge < -0.3 is 4.90 Å². The molecule has 0 saturated carbocycles. The van der Waals surface area contributed by atoms with E-state index in [0.29, 0.717) is 0 Å². The molecule has 0 amide bonds. The van der Waals surface area contributed by atoms with Crippen LogP contribution in [0.25, 0.3) is 97.7 Å². The van der Waals surface area contributed by atoms with Crippen LogP contribution in [0.5, 0.6) is 0 Å². The number of anilines is 3. The summed E-state index contributed by atoms with van der Waals surface area (Å²) in [6.45, 7) is 0. The zero-order valence-electron chi connectivity index (χ0n) is 38.3. The molecule has 0 heterocycles. The largest absolute Gasteiger partial charge is 0.310 e. The van der Waals surface area contributed by atoms with Gasteiger partial charge in [-0.25, -0.2) is 0 Å². The number of hydrogen-bond acceptors (Lipinski definition) is 1. The minimum Gasteiger partial charge on any atom is -0.310 e. The lowest BCUT2D eigenvalue weighted by molar-refractivity contribution is 0.768. The summed E-state index contributed by atoms with van der Waals surface area (Å²) in [5, 5.41) is 17.7. The van der Waals surface area contributed by atoms with E-state index < -0.39 is 5.41 Å². The van der Waals surface area contributed by atoms with Crippen LogP contribution in [-0.4, -0.2) is 0 Å². The van der Waals surface area contributed by atoms with Crippen molar-refractivity contribution >= 4 is 92.5 Å². The first-order valence-corrected chi connectivity index (χ1v) is 24.4. The van der Waals surface area contributed by atoms with Gasteiger partial charge in [-0.05, 0) is 156 Å². The molecule has 324 valence electrons. The van der Waals surface area contributed by atoms with Gasteiger partial charge in [0.2, 0.25) is 0 Å². The Bertz CT molecular complexity index is 4350. The van der Waals surface area contributed by atoms with Gasteiger partial charge in [0.1, 0.15) is 0 Å². The predicted octanol–water partition coefficient (Wildman–Crippen LogP) is 18.7. The van der Waals surface area contributed by atoms with Crippen molar-refractivity contribution < 1.29 is 0 Å². The highest BCUT2D eigenvalue weighted by atomic mass is 15.1. The Balaban J connectivity index is 1.05. The molecule has 70 heavy (non-hydrogen) atoms. The number of fused-ring (bicyclic) bond motifs is 6. The Kier molecular flexibility index (Phi) is 8.35. The lowest BCUT2D eigenvalue weighted by Crippen LogP contribution is -2.28. The standard InChI is InChI=1S/C69H43N/c1-3-20-50(21-4-1)69(51-22-5-2-6-23-51)63-30-10-9-25-57(63)58-40-39-53(43-64(58)69)70(52-37-35-45(36-38-52)56-26-11-16-44-15-7-8-24-55(44)56)54-41-49-34-33-48-18-13-28-60-59-27-12-17-46-31-32-47-19-14-29-61(67(47)65(46)59)62(42-54)68(49)66(48)60/h1-43H. The molecular formula is C69H43N. The zero-order valence-corrected chi connectivity index (χ0v) is 38.3. The SMILES string of the molecule is c1ccc(C2(c3ccccc3)c3ccccc3-c3ccc(N(c4ccc(-c5cccc6ccccc56)cc4)c4cc5ccc6cccc7c8cccc9ccc%10cccc(c(c4)c5c67)c%10c98)cc32)cc1. The predicted molar refractivity (Wildman–Crippen MR) is 298 cm³/mol. The first-order valence-electron chi connectivity index (χ1n) is 24.4. The molecule has 0 atom stereocenters. The second-order valence-electron chi connectivity index (χ2n) is 19.1. The van der Waals surface area contributed by atoms with E-state index in [1.54, 1.807) is 0 Å². The Labute approximate surface area is 406 Å². The molecule has 15 rings (SSSR count). The van der Waals surface area contributed by atoms with Crippen LogP contribution in [-0.2, 0) is 5.41 Å². The normalized spacial score (nSPS) is 13.0. The van der Waals surface area contributed by atoms with Crippen LogP contribution in [0.3, 0.4) is 0 Å². The van der Waals surface area contributed by atoms with E-state index >= 15 is 0 Å². The summed E-state index contributed by atoms with van der Waals surface area (Å²) in [5.74, 6) is 0. The van der Waals surface area contributed by atoms with Gasteiger partial charge in [0.05, 0.1) is 5.41 Å². The van der Waals surface area contributed by atoms with Gasteiger partial charge in [-0.1, -0.05) is 224 Å². The molecule has 1 aliphatic rings. The zero-order chi connectivity index (χ0) is 45.9. The minimum absolute atomic E-state index is 0.545. The van der Waals surface area contributed by atoms with Gasteiger partial charge in [0.15, 0.2) is 0 Å². The van der Waals surface area contributed by atoms with Crippen molar-refractivity contribution in [2.75, 3.05) is 4.90 Å². The van der Waals surface area contributed by atoms with Crippen LogP contribution >= 0.6 is 0 Å². The van der Waals surface area contributed by atoms with Gasteiger partial charge in [-0.2, -0.15) is 0 Å². The minimum atomic E-state index is -0.545. The van der Waals surface area contributed by atoms with Gasteiger partial charge in [-0.15, -0.1) is 0 Å². The summed E-state index contributed by atoms with van der Waals surface area (Å²) in [6, 6.07) is 97.9. The van der Waals surface area contributed by atoms with E-state index in [1.165, 1.54) is 120 Å². The van der Waals surface area contributed by atoms with Gasteiger partial charge in [0, 0.05) is 17.1 Å². The Hall–Kier alpha value is -9.04. The fourth-order valence-electron chi connectivity index (χ4n) is 12.7. The fourth-order valence-corrected chi connectivity index (χ4v) is 12.7. The molecule has 1 aliphatic carbocycles. The molecule has 0 radical (unpaired) electrons. The molecule has 14 aromatic carbocycles. The average molecular weight is 886 g/mol. The van der Waals surface area contributed by atoms with Crippen molar-refractivity contribution in [1.82, 2.24) is 0 Å². The van der Waals surface area contributed by atoms with Crippen LogP contribution in [0, 0.1) is 0 Å². The molecular weight excluding hydrogens is 843 g/mol. The van der Waals surface area contributed by atoms with E-state index in [9.17, 15) is 0 Å². The molecule has 0 bridgehead atoms. The van der Waals surface area contributed by atoms with Gasteiger partial charge >= 0.3 is 0 Å². The van der Waals surface area contributed by atoms with Crippen molar-refractivity contribution in [1.29, 1.82) is 0 Å². The average Bonchev–Trinajstić information content (AvgIpc) is 3.73. The first kappa shape index (κ1) is 39.0. The van der Waals surface area contributed by atoms with Crippen LogP contribution in [0.15, 0.2) is 261 Å². The summed E-state index contributed by atoms with van der Waals surface area (Å²) < 4.78 is 0. The van der Waals surface area contributed by atoms with Crippen LogP contribution < -0.4 is 4.90 Å². The first-order chi connectivity index (χ1) is 34.7. The van der Waals surface area contributed by atoms with E-state index in [0.717, 1.165) is 17.1 Å². The van der Waals surface area contributed by atoms with Crippen molar-refractivity contribution in [2.24, 2.45) is 0 Å². The second kappa shape index (κ2) is 15.0. The van der Waals surface area contributed by atoms with E-state index in [1.807, 2.05) is 0 Å². The molecule has 0 aromatic heterocycles. The number of nitrogens with zero attached hydrogens (tertiary/aromatic N) is 1.